The monoisotopic (exact) mass is 345 g/mol. The molecule has 0 spiro atoms. The molecule has 2 rings (SSSR count). The zero-order chi connectivity index (χ0) is 14.0. The molecule has 0 aliphatic heterocycles. The van der Waals surface area contributed by atoms with Crippen molar-refractivity contribution in [2.24, 2.45) is 0 Å². The first-order chi connectivity index (χ1) is 8.97. The molecule has 0 fully saturated rings. The summed E-state index contributed by atoms with van der Waals surface area (Å²) in [6, 6.07) is 8.40. The summed E-state index contributed by atoms with van der Waals surface area (Å²) in [7, 11) is 0. The number of anilines is 1. The van der Waals surface area contributed by atoms with Gasteiger partial charge >= 0.3 is 0 Å². The minimum atomic E-state index is -1.12. The summed E-state index contributed by atoms with van der Waals surface area (Å²) in [5.74, 6) is -2.82. The predicted molar refractivity (Wildman–Crippen MR) is 73.5 cm³/mol. The largest absolute Gasteiger partial charge is 0.322 e. The average molecular weight is 347 g/mol. The zero-order valence-electron chi connectivity index (χ0n) is 9.38. The lowest BCUT2D eigenvalue weighted by Crippen LogP contribution is -2.13. The number of nitrogens with one attached hydrogen (secondary N) is 1. The number of halogens is 4. The lowest BCUT2D eigenvalue weighted by Gasteiger charge is -2.07. The molecule has 2 aromatic rings. The van der Waals surface area contributed by atoms with E-state index in [-0.39, 0.29) is 10.6 Å². The fraction of sp³-hybridized carbons (Fsp3) is 0. The topological polar surface area (TPSA) is 29.1 Å². The van der Waals surface area contributed by atoms with Crippen LogP contribution in [-0.4, -0.2) is 5.91 Å². The highest BCUT2D eigenvalue weighted by molar-refractivity contribution is 9.10. The van der Waals surface area contributed by atoms with Crippen LogP contribution in [0.4, 0.5) is 14.5 Å². The van der Waals surface area contributed by atoms with Gasteiger partial charge in [-0.25, -0.2) is 8.78 Å². The third kappa shape index (κ3) is 3.30. The van der Waals surface area contributed by atoms with E-state index >= 15 is 0 Å². The molecule has 0 saturated heterocycles. The van der Waals surface area contributed by atoms with Crippen LogP contribution in [0.1, 0.15) is 10.4 Å². The number of carbonyl (C=O) groups excluding carboxylic acids is 1. The lowest BCUT2D eigenvalue weighted by molar-refractivity contribution is 0.102. The Kier molecular flexibility index (Phi) is 4.17. The van der Waals surface area contributed by atoms with Crippen LogP contribution in [0.3, 0.4) is 0 Å². The summed E-state index contributed by atoms with van der Waals surface area (Å²) >= 11 is 8.97. The molecule has 0 aliphatic rings. The predicted octanol–water partition coefficient (Wildman–Crippen LogP) is 4.63. The summed E-state index contributed by atoms with van der Waals surface area (Å²) in [5.41, 5.74) is 0.390. The molecule has 19 heavy (non-hydrogen) atoms. The van der Waals surface area contributed by atoms with E-state index in [4.69, 9.17) is 11.6 Å². The first-order valence-electron chi connectivity index (χ1n) is 5.19. The molecule has 0 bridgehead atoms. The second kappa shape index (κ2) is 5.67. The molecule has 0 atom stereocenters. The van der Waals surface area contributed by atoms with Gasteiger partial charge in [0.05, 0.1) is 10.6 Å². The quantitative estimate of drug-likeness (QED) is 0.789. The Labute approximate surface area is 121 Å². The fourth-order valence-corrected chi connectivity index (χ4v) is 2.10. The molecule has 98 valence electrons. The van der Waals surface area contributed by atoms with E-state index in [1.54, 1.807) is 24.3 Å². The van der Waals surface area contributed by atoms with Crippen molar-refractivity contribution in [3.63, 3.8) is 0 Å². The number of hydrogen-bond acceptors (Lipinski definition) is 1. The van der Waals surface area contributed by atoms with E-state index in [1.165, 1.54) is 0 Å². The van der Waals surface area contributed by atoms with Gasteiger partial charge in [0.2, 0.25) is 0 Å². The zero-order valence-corrected chi connectivity index (χ0v) is 11.7. The molecule has 6 heteroatoms. The number of amides is 1. The molecule has 1 N–H and O–H groups in total. The van der Waals surface area contributed by atoms with Crippen LogP contribution in [0.2, 0.25) is 5.02 Å². The van der Waals surface area contributed by atoms with Crippen LogP contribution >= 0.6 is 27.5 Å². The van der Waals surface area contributed by atoms with Crippen LogP contribution in [-0.2, 0) is 0 Å². The maximum atomic E-state index is 13.1. The van der Waals surface area contributed by atoms with Crippen LogP contribution in [0, 0.1) is 11.6 Å². The van der Waals surface area contributed by atoms with Crippen LogP contribution in [0.5, 0.6) is 0 Å². The maximum Gasteiger partial charge on any atom is 0.257 e. The Hall–Kier alpha value is -1.46. The molecule has 2 nitrogen and oxygen atoms in total. The molecule has 0 heterocycles. The minimum absolute atomic E-state index is 0.124. The summed E-state index contributed by atoms with van der Waals surface area (Å²) in [5, 5.41) is 2.40. The smallest absolute Gasteiger partial charge is 0.257 e. The molecule has 0 unspecified atom stereocenters. The third-order valence-electron chi connectivity index (χ3n) is 2.34. The van der Waals surface area contributed by atoms with Crippen molar-refractivity contribution in [3.05, 3.63) is 63.1 Å². The summed E-state index contributed by atoms with van der Waals surface area (Å²) in [6.07, 6.45) is 0. The van der Waals surface area contributed by atoms with Crippen LogP contribution < -0.4 is 5.32 Å². The highest BCUT2D eigenvalue weighted by Gasteiger charge is 2.15. The van der Waals surface area contributed by atoms with Crippen LogP contribution in [0.25, 0.3) is 0 Å². The molecule has 0 aliphatic carbocycles. The molecule has 1 amide bonds. The number of rotatable bonds is 2. The number of benzene rings is 2. The Morgan fingerprint density at radius 1 is 1.16 bits per heavy atom. The SMILES string of the molecule is O=C(Nc1cccc(Br)c1)c1cc(F)c(F)cc1Cl. The minimum Gasteiger partial charge on any atom is -0.322 e. The first kappa shape index (κ1) is 14.0. The van der Waals surface area contributed by atoms with Gasteiger partial charge in [0.15, 0.2) is 11.6 Å². The van der Waals surface area contributed by atoms with Crippen molar-refractivity contribution < 1.29 is 13.6 Å². The van der Waals surface area contributed by atoms with E-state index < -0.39 is 17.5 Å². The van der Waals surface area contributed by atoms with E-state index in [1.807, 2.05) is 0 Å². The van der Waals surface area contributed by atoms with Gasteiger partial charge in [-0.3, -0.25) is 4.79 Å². The van der Waals surface area contributed by atoms with Crippen molar-refractivity contribution in [1.82, 2.24) is 0 Å². The Bertz CT molecular complexity index is 649. The van der Waals surface area contributed by atoms with Gasteiger partial charge in [-0.05, 0) is 30.3 Å². The molecule has 2 aromatic carbocycles. The van der Waals surface area contributed by atoms with Gasteiger partial charge in [-0.2, -0.15) is 0 Å². The average Bonchev–Trinajstić information content (AvgIpc) is 2.33. The highest BCUT2D eigenvalue weighted by atomic mass is 79.9. The van der Waals surface area contributed by atoms with Gasteiger partial charge in [-0.1, -0.05) is 33.6 Å². The maximum absolute atomic E-state index is 13.1. The first-order valence-corrected chi connectivity index (χ1v) is 6.36. The van der Waals surface area contributed by atoms with E-state index in [0.717, 1.165) is 16.6 Å². The van der Waals surface area contributed by atoms with Gasteiger partial charge in [0.1, 0.15) is 0 Å². The van der Waals surface area contributed by atoms with E-state index in [2.05, 4.69) is 21.2 Å². The summed E-state index contributed by atoms with van der Waals surface area (Å²) in [4.78, 5) is 11.9. The fourth-order valence-electron chi connectivity index (χ4n) is 1.46. The van der Waals surface area contributed by atoms with Crippen molar-refractivity contribution >= 4 is 39.1 Å². The van der Waals surface area contributed by atoms with Gasteiger partial charge in [0, 0.05) is 10.2 Å². The normalized spacial score (nSPS) is 10.3. The molecule has 0 saturated carbocycles. The molecule has 0 radical (unpaired) electrons. The Morgan fingerprint density at radius 3 is 2.53 bits per heavy atom. The third-order valence-corrected chi connectivity index (χ3v) is 3.14. The van der Waals surface area contributed by atoms with Crippen molar-refractivity contribution in [3.8, 4) is 0 Å². The molecular formula is C13H7BrClF2NO. The van der Waals surface area contributed by atoms with Crippen molar-refractivity contribution in [1.29, 1.82) is 0 Å². The van der Waals surface area contributed by atoms with E-state index in [0.29, 0.717) is 5.69 Å². The summed E-state index contributed by atoms with van der Waals surface area (Å²) in [6.45, 7) is 0. The lowest BCUT2D eigenvalue weighted by atomic mass is 10.2. The van der Waals surface area contributed by atoms with Crippen LogP contribution in [0.15, 0.2) is 40.9 Å². The molecule has 0 aromatic heterocycles. The van der Waals surface area contributed by atoms with Gasteiger partial charge < -0.3 is 5.32 Å². The highest BCUT2D eigenvalue weighted by Crippen LogP contribution is 2.22. The second-order valence-electron chi connectivity index (χ2n) is 3.71. The Morgan fingerprint density at radius 2 is 1.84 bits per heavy atom. The standard InChI is InChI=1S/C13H7BrClF2NO/c14-7-2-1-3-8(4-7)18-13(19)9-5-11(16)12(17)6-10(9)15/h1-6H,(H,18,19). The Balaban J connectivity index is 2.28. The second-order valence-corrected chi connectivity index (χ2v) is 5.03. The van der Waals surface area contributed by atoms with Crippen molar-refractivity contribution in [2.75, 3.05) is 5.32 Å². The van der Waals surface area contributed by atoms with Crippen molar-refractivity contribution in [2.45, 2.75) is 0 Å². The number of hydrogen-bond donors (Lipinski definition) is 1. The number of carbonyl (C=O) groups is 1. The van der Waals surface area contributed by atoms with Gasteiger partial charge in [0.25, 0.3) is 5.91 Å². The van der Waals surface area contributed by atoms with Gasteiger partial charge in [-0.15, -0.1) is 0 Å². The molecular weight excluding hydrogens is 340 g/mol. The van der Waals surface area contributed by atoms with E-state index in [9.17, 15) is 13.6 Å². The summed E-state index contributed by atoms with van der Waals surface area (Å²) < 4.78 is 26.8.